The summed E-state index contributed by atoms with van der Waals surface area (Å²) in [6.07, 6.45) is 0. The van der Waals surface area contributed by atoms with E-state index in [4.69, 9.17) is 22.1 Å². The van der Waals surface area contributed by atoms with Crippen LogP contribution in [0.25, 0.3) is 0 Å². The van der Waals surface area contributed by atoms with Crippen LogP contribution in [0.5, 0.6) is 5.88 Å². The molecule has 0 amide bonds. The number of allylic oxidation sites excluding steroid dienone is 1. The Morgan fingerprint density at radius 3 is 2.55 bits per heavy atom. The first-order chi connectivity index (χ1) is 10.5. The molecule has 1 unspecified atom stereocenters. The number of nitrogens with two attached hydrogens (primary N) is 1. The van der Waals surface area contributed by atoms with Crippen molar-refractivity contribution in [3.63, 3.8) is 0 Å². The van der Waals surface area contributed by atoms with E-state index in [0.29, 0.717) is 10.6 Å². The van der Waals surface area contributed by atoms with Crippen molar-refractivity contribution < 1.29 is 4.74 Å². The predicted molar refractivity (Wildman–Crippen MR) is 78.4 cm³/mol. The molecule has 0 bridgehead atoms. The highest BCUT2D eigenvalue weighted by molar-refractivity contribution is 6.30. The Bertz CT molecular complexity index is 934. The molecule has 7 nitrogen and oxygen atoms in total. The Labute approximate surface area is 128 Å². The van der Waals surface area contributed by atoms with Gasteiger partial charge in [-0.3, -0.25) is 14.8 Å². The molecule has 2 aromatic rings. The van der Waals surface area contributed by atoms with E-state index in [1.807, 2.05) is 6.07 Å². The number of aromatic nitrogens is 2. The van der Waals surface area contributed by atoms with Crippen molar-refractivity contribution >= 4 is 11.6 Å². The number of nitrogens with zero attached hydrogens (tertiary/aromatic N) is 1. The number of halogens is 1. The minimum Gasteiger partial charge on any atom is -0.424 e. The summed E-state index contributed by atoms with van der Waals surface area (Å²) in [4.78, 5) is 28.0. The summed E-state index contributed by atoms with van der Waals surface area (Å²) in [6, 6.07) is 8.58. The van der Waals surface area contributed by atoms with E-state index in [9.17, 15) is 14.9 Å². The molecule has 1 aromatic carbocycles. The van der Waals surface area contributed by atoms with Crippen LogP contribution in [0, 0.1) is 11.3 Å². The largest absolute Gasteiger partial charge is 0.424 e. The summed E-state index contributed by atoms with van der Waals surface area (Å²) in [5.41, 5.74) is 5.22. The topological polar surface area (TPSA) is 125 Å². The maximum absolute atomic E-state index is 12.1. The summed E-state index contributed by atoms with van der Waals surface area (Å²) < 4.78 is 5.21. The average Bonchev–Trinajstić information content (AvgIpc) is 2.46. The maximum Gasteiger partial charge on any atom is 0.328 e. The molecule has 1 aromatic heterocycles. The molecule has 2 heterocycles. The van der Waals surface area contributed by atoms with Gasteiger partial charge in [-0.05, 0) is 17.7 Å². The van der Waals surface area contributed by atoms with Gasteiger partial charge in [-0.25, -0.2) is 4.79 Å². The van der Waals surface area contributed by atoms with Gasteiger partial charge in [-0.2, -0.15) is 5.26 Å². The van der Waals surface area contributed by atoms with E-state index >= 15 is 0 Å². The van der Waals surface area contributed by atoms with E-state index in [1.54, 1.807) is 24.3 Å². The van der Waals surface area contributed by atoms with Crippen molar-refractivity contribution in [1.82, 2.24) is 9.97 Å². The van der Waals surface area contributed by atoms with Gasteiger partial charge in [0, 0.05) is 5.02 Å². The first-order valence-corrected chi connectivity index (χ1v) is 6.58. The quantitative estimate of drug-likeness (QED) is 0.722. The van der Waals surface area contributed by atoms with E-state index in [0.717, 1.165) is 0 Å². The molecule has 0 spiro atoms. The molecule has 22 heavy (non-hydrogen) atoms. The van der Waals surface area contributed by atoms with Gasteiger partial charge in [0.2, 0.25) is 11.8 Å². The van der Waals surface area contributed by atoms with Gasteiger partial charge >= 0.3 is 5.69 Å². The van der Waals surface area contributed by atoms with Crippen LogP contribution in [0.1, 0.15) is 17.0 Å². The van der Waals surface area contributed by atoms with Gasteiger partial charge in [0.1, 0.15) is 11.6 Å². The lowest BCUT2D eigenvalue weighted by Gasteiger charge is -2.24. The van der Waals surface area contributed by atoms with E-state index in [1.165, 1.54) is 0 Å². The fourth-order valence-electron chi connectivity index (χ4n) is 2.38. The highest BCUT2D eigenvalue weighted by Crippen LogP contribution is 2.38. The van der Waals surface area contributed by atoms with Crippen LogP contribution < -0.4 is 21.7 Å². The van der Waals surface area contributed by atoms with Crippen LogP contribution in [0.2, 0.25) is 5.02 Å². The number of rotatable bonds is 1. The highest BCUT2D eigenvalue weighted by Gasteiger charge is 2.33. The van der Waals surface area contributed by atoms with Crippen molar-refractivity contribution in [2.75, 3.05) is 0 Å². The lowest BCUT2D eigenvalue weighted by atomic mass is 9.85. The standard InChI is InChI=1S/C14H9ClN4O3/c15-7-3-1-6(2-4-7)9-8(5-16)11(17)22-13-10(9)12(20)18-14(21)19-13/h1-4,9H,17H2,(H2,18,19,20,21). The molecule has 1 aliphatic heterocycles. The van der Waals surface area contributed by atoms with Crippen LogP contribution in [-0.4, -0.2) is 9.97 Å². The average molecular weight is 317 g/mol. The molecule has 0 radical (unpaired) electrons. The highest BCUT2D eigenvalue weighted by atomic mass is 35.5. The smallest absolute Gasteiger partial charge is 0.328 e. The Kier molecular flexibility index (Phi) is 3.23. The summed E-state index contributed by atoms with van der Waals surface area (Å²) >= 11 is 5.86. The third-order valence-electron chi connectivity index (χ3n) is 3.32. The predicted octanol–water partition coefficient (Wildman–Crippen LogP) is 0.935. The zero-order valence-electron chi connectivity index (χ0n) is 11.0. The van der Waals surface area contributed by atoms with Crippen LogP contribution in [-0.2, 0) is 0 Å². The van der Waals surface area contributed by atoms with Gasteiger partial charge < -0.3 is 10.5 Å². The van der Waals surface area contributed by atoms with Crippen LogP contribution in [0.4, 0.5) is 0 Å². The van der Waals surface area contributed by atoms with Crippen molar-refractivity contribution in [2.45, 2.75) is 5.92 Å². The molecular weight excluding hydrogens is 308 g/mol. The molecule has 1 atom stereocenters. The minimum absolute atomic E-state index is 0.0646. The fraction of sp³-hybridized carbons (Fsp3) is 0.0714. The van der Waals surface area contributed by atoms with Crippen molar-refractivity contribution in [3.05, 3.63) is 72.7 Å². The second kappa shape index (κ2) is 5.09. The molecule has 0 saturated carbocycles. The summed E-state index contributed by atoms with van der Waals surface area (Å²) in [5, 5.41) is 9.86. The number of hydrogen-bond donors (Lipinski definition) is 3. The Morgan fingerprint density at radius 1 is 1.23 bits per heavy atom. The first-order valence-electron chi connectivity index (χ1n) is 6.21. The fourth-order valence-corrected chi connectivity index (χ4v) is 2.50. The number of fused-ring (bicyclic) bond motifs is 1. The molecule has 3 rings (SSSR count). The number of hydrogen-bond acceptors (Lipinski definition) is 5. The number of aromatic amines is 2. The third-order valence-corrected chi connectivity index (χ3v) is 3.57. The SMILES string of the molecule is N#CC1=C(N)Oc2[nH]c(=O)[nH]c(=O)c2C1c1ccc(Cl)cc1. The van der Waals surface area contributed by atoms with Crippen LogP contribution >= 0.6 is 11.6 Å². The van der Waals surface area contributed by atoms with Crippen molar-refractivity contribution in [1.29, 1.82) is 5.26 Å². The normalized spacial score (nSPS) is 16.6. The van der Waals surface area contributed by atoms with E-state index < -0.39 is 17.2 Å². The molecule has 1 aliphatic rings. The second-order valence-corrected chi connectivity index (χ2v) is 5.06. The van der Waals surface area contributed by atoms with Crippen molar-refractivity contribution in [2.24, 2.45) is 5.73 Å². The molecule has 4 N–H and O–H groups in total. The van der Waals surface area contributed by atoms with E-state index in [-0.39, 0.29) is 22.9 Å². The molecular formula is C14H9ClN4O3. The van der Waals surface area contributed by atoms with Gasteiger partial charge in [0.05, 0.1) is 11.5 Å². The van der Waals surface area contributed by atoms with Crippen LogP contribution in [0.3, 0.4) is 0 Å². The second-order valence-electron chi connectivity index (χ2n) is 4.63. The number of nitriles is 1. The number of H-pyrrole nitrogens is 2. The Hall–Kier alpha value is -2.98. The zero-order valence-corrected chi connectivity index (χ0v) is 11.8. The summed E-state index contributed by atoms with van der Waals surface area (Å²) in [5.74, 6) is -0.965. The number of benzene rings is 1. The monoisotopic (exact) mass is 316 g/mol. The molecule has 0 saturated heterocycles. The third kappa shape index (κ3) is 2.16. The van der Waals surface area contributed by atoms with Crippen molar-refractivity contribution in [3.8, 4) is 11.9 Å². The van der Waals surface area contributed by atoms with Crippen LogP contribution in [0.15, 0.2) is 45.3 Å². The minimum atomic E-state index is -0.744. The lowest BCUT2D eigenvalue weighted by Crippen LogP contribution is -2.33. The van der Waals surface area contributed by atoms with Gasteiger partial charge in [-0.15, -0.1) is 0 Å². The van der Waals surface area contributed by atoms with Gasteiger partial charge in [0.15, 0.2) is 0 Å². The molecule has 0 aliphatic carbocycles. The first kappa shape index (κ1) is 14.0. The van der Waals surface area contributed by atoms with E-state index in [2.05, 4.69) is 9.97 Å². The molecule has 8 heteroatoms. The Morgan fingerprint density at radius 2 is 1.91 bits per heavy atom. The summed E-state index contributed by atoms with van der Waals surface area (Å²) in [6.45, 7) is 0. The summed E-state index contributed by atoms with van der Waals surface area (Å²) in [7, 11) is 0. The maximum atomic E-state index is 12.1. The number of nitrogens with one attached hydrogen (secondary N) is 2. The lowest BCUT2D eigenvalue weighted by molar-refractivity contribution is 0.373. The number of ether oxygens (including phenoxy) is 1. The molecule has 110 valence electrons. The van der Waals surface area contributed by atoms with Gasteiger partial charge in [-0.1, -0.05) is 23.7 Å². The molecule has 0 fully saturated rings. The zero-order chi connectivity index (χ0) is 15.9. The van der Waals surface area contributed by atoms with Gasteiger partial charge in [0.25, 0.3) is 5.56 Å². The Balaban J connectivity index is 2.32.